The first-order valence-corrected chi connectivity index (χ1v) is 3.79. The van der Waals surface area contributed by atoms with Gasteiger partial charge in [-0.2, -0.15) is 0 Å². The molecule has 0 fully saturated rings. The van der Waals surface area contributed by atoms with Gasteiger partial charge in [0, 0.05) is 0 Å². The Morgan fingerprint density at radius 1 is 1.00 bits per heavy atom. The molecule has 0 N–H and O–H groups in total. The fourth-order valence-corrected chi connectivity index (χ4v) is 1.11. The van der Waals surface area contributed by atoms with E-state index in [0.717, 1.165) is 0 Å². The summed E-state index contributed by atoms with van der Waals surface area (Å²) in [6.07, 6.45) is -0.234. The van der Waals surface area contributed by atoms with Crippen molar-refractivity contribution in [1.82, 2.24) is 0 Å². The van der Waals surface area contributed by atoms with Crippen molar-refractivity contribution >= 4 is 74.8 Å². The molecule has 36 valence electrons. The molecule has 0 unspecified atom stereocenters. The third-order valence-corrected chi connectivity index (χ3v) is 1.86. The summed E-state index contributed by atoms with van der Waals surface area (Å²) in [6, 6.07) is 4.53. The first kappa shape index (κ1) is 10.0. The molecule has 0 aliphatic carbocycles. The van der Waals surface area contributed by atoms with Gasteiger partial charge in [0.25, 0.3) is 0 Å². The average molecular weight is 161 g/mol. The molecular formula is B6S3. The van der Waals surface area contributed by atoms with Crippen LogP contribution < -0.4 is 0 Å². The van der Waals surface area contributed by atoms with E-state index in [-0.39, 0.29) is 12.8 Å². The normalized spacial score (nSPS) is 6.22. The zero-order valence-corrected chi connectivity index (χ0v) is 7.14. The van der Waals surface area contributed by atoms with Gasteiger partial charge in [-0.3, -0.25) is 0 Å². The topological polar surface area (TPSA) is 0 Å². The summed E-state index contributed by atoms with van der Waals surface area (Å²) in [6.45, 7) is 0. The van der Waals surface area contributed by atoms with Crippen molar-refractivity contribution in [1.29, 1.82) is 0 Å². The maximum absolute atomic E-state index is 5.48. The van der Waals surface area contributed by atoms with E-state index in [1.165, 1.54) is 18.1 Å². The minimum absolute atomic E-state index is 0.0347. The average Bonchev–Trinajstić information content (AvgIpc) is 1.90. The molecule has 0 spiro atoms. The molecule has 0 heterocycles. The van der Waals surface area contributed by atoms with Gasteiger partial charge in [0.1, 0.15) is 0 Å². The van der Waals surface area contributed by atoms with Crippen LogP contribution in [-0.2, 0) is 0 Å². The molecule has 0 aromatic carbocycles. The van der Waals surface area contributed by atoms with Crippen LogP contribution in [0.4, 0.5) is 0 Å². The summed E-state index contributed by atoms with van der Waals surface area (Å²) < 4.78 is 0. The molecule has 0 aliphatic heterocycles. The summed E-state index contributed by atoms with van der Waals surface area (Å²) in [4.78, 5) is 0. The van der Waals surface area contributed by atoms with Gasteiger partial charge in [0.15, 0.2) is 0 Å². The van der Waals surface area contributed by atoms with E-state index in [2.05, 4.69) is 36.2 Å². The molecule has 9 heteroatoms. The Balaban J connectivity index is 3.92. The van der Waals surface area contributed by atoms with E-state index in [9.17, 15) is 0 Å². The van der Waals surface area contributed by atoms with Crippen LogP contribution in [0.3, 0.4) is 0 Å². The summed E-state index contributed by atoms with van der Waals surface area (Å²) in [5.41, 5.74) is 0. The van der Waals surface area contributed by atoms with E-state index in [4.69, 9.17) is 7.74 Å². The molecule has 0 bridgehead atoms. The Morgan fingerprint density at radius 2 is 1.44 bits per heavy atom. The van der Waals surface area contributed by atoms with E-state index in [1.54, 1.807) is 0 Å². The second kappa shape index (κ2) is 5.81. The van der Waals surface area contributed by atoms with Gasteiger partial charge in [0.05, 0.1) is 0 Å². The van der Waals surface area contributed by atoms with Gasteiger partial charge in [0.2, 0.25) is 0 Å². The molecule has 0 aliphatic rings. The fraction of sp³-hybridized carbons (Fsp3) is 0. The molecule has 0 nitrogen and oxygen atoms in total. The molecule has 0 saturated carbocycles. The molecule has 0 saturated heterocycles. The number of hydrogen-bond acceptors (Lipinski definition) is 3. The first-order chi connectivity index (χ1) is 4.26. The van der Waals surface area contributed by atoms with Crippen LogP contribution in [0.5, 0.6) is 0 Å². The third-order valence-electron chi connectivity index (χ3n) is 0.916. The van der Waals surface area contributed by atoms with Crippen LogP contribution >= 0.6 is 36.2 Å². The van der Waals surface area contributed by atoms with Crippen LogP contribution in [0, 0.1) is 0 Å². The summed E-state index contributed by atoms with van der Waals surface area (Å²) in [5.74, 6) is 0. The van der Waals surface area contributed by atoms with Crippen molar-refractivity contribution in [2.75, 3.05) is 0 Å². The summed E-state index contributed by atoms with van der Waals surface area (Å²) >= 11 is 13.9. The maximum atomic E-state index is 5.48. The first-order valence-electron chi connectivity index (χ1n) is 2.37. The van der Waals surface area contributed by atoms with E-state index < -0.39 is 0 Å². The Bertz CT molecular complexity index is 111. The van der Waals surface area contributed by atoms with E-state index >= 15 is 0 Å². The van der Waals surface area contributed by atoms with Gasteiger partial charge in [-0.25, -0.2) is 0 Å². The third kappa shape index (κ3) is 3.68. The summed E-state index contributed by atoms with van der Waals surface area (Å²) in [7, 11) is 5.48. The molecule has 0 aromatic rings. The van der Waals surface area contributed by atoms with Crippen LogP contribution in [0.2, 0.25) is 0 Å². The molecule has 0 rings (SSSR count). The monoisotopic (exact) mass is 162 g/mol. The Morgan fingerprint density at radius 3 is 1.56 bits per heavy atom. The minimum atomic E-state index is -0.199. The molecule has 2 radical (unpaired) electrons. The van der Waals surface area contributed by atoms with Gasteiger partial charge in [-0.15, -0.1) is 0 Å². The number of hydrogen-bond donors (Lipinski definition) is 0. The molecule has 0 atom stereocenters. The van der Waals surface area contributed by atoms with Crippen molar-refractivity contribution in [3.63, 3.8) is 0 Å². The Labute approximate surface area is 74.7 Å². The van der Waals surface area contributed by atoms with Crippen molar-refractivity contribution < 1.29 is 0 Å². The Hall–Kier alpha value is 1.05. The fourth-order valence-electron chi connectivity index (χ4n) is 0.304. The summed E-state index contributed by atoms with van der Waals surface area (Å²) in [5, 5.41) is 0. The van der Waals surface area contributed by atoms with Crippen LogP contribution in [-0.4, -0.2) is 38.6 Å². The molecular weight excluding hydrogens is 161 g/mol. The van der Waals surface area contributed by atoms with Crippen LogP contribution in [0.15, 0.2) is 0 Å². The van der Waals surface area contributed by atoms with Crippen molar-refractivity contribution in [3.05, 3.63) is 0 Å². The van der Waals surface area contributed by atoms with Gasteiger partial charge >= 0.3 is 74.8 Å². The molecule has 9 heavy (non-hydrogen) atoms. The van der Waals surface area contributed by atoms with E-state index in [1.807, 2.05) is 0 Å². The van der Waals surface area contributed by atoms with E-state index in [0.29, 0.717) is 0 Å². The second-order valence-electron chi connectivity index (χ2n) is 1.56. The predicted octanol–water partition coefficient (Wildman–Crippen LogP) is -0.340. The van der Waals surface area contributed by atoms with Gasteiger partial charge in [-0.05, 0) is 0 Å². The standard InChI is InChI=1S/B6S3/c1-5(2-7)6(3-8)4-9. The second-order valence-corrected chi connectivity index (χ2v) is 2.38. The SMILES string of the molecule is [B]B(B=S)B(B=S)B=S. The Kier molecular flexibility index (Phi) is 6.48. The van der Waals surface area contributed by atoms with Crippen LogP contribution in [0.1, 0.15) is 0 Å². The molecule has 0 amide bonds. The molecule has 0 aromatic heterocycles. The predicted molar refractivity (Wildman–Crippen MR) is 57.3 cm³/mol. The van der Waals surface area contributed by atoms with Crippen molar-refractivity contribution in [3.8, 4) is 0 Å². The quantitative estimate of drug-likeness (QED) is 0.518. The van der Waals surface area contributed by atoms with Crippen molar-refractivity contribution in [2.45, 2.75) is 0 Å². The van der Waals surface area contributed by atoms with Gasteiger partial charge < -0.3 is 0 Å². The zero-order chi connectivity index (χ0) is 7.28. The van der Waals surface area contributed by atoms with Gasteiger partial charge in [-0.1, -0.05) is 0 Å². The number of rotatable bonds is 4. The van der Waals surface area contributed by atoms with Crippen LogP contribution in [0.25, 0.3) is 0 Å². The zero-order valence-electron chi connectivity index (χ0n) is 4.69. The van der Waals surface area contributed by atoms with Crippen molar-refractivity contribution in [2.24, 2.45) is 0 Å².